The maximum Gasteiger partial charge on any atom is 0.288 e. The molecule has 1 saturated heterocycles. The Kier molecular flexibility index (Phi) is 4.82. The molecule has 1 aromatic carbocycles. The summed E-state index contributed by atoms with van der Waals surface area (Å²) >= 11 is 6.20. The van der Waals surface area contributed by atoms with E-state index in [0.717, 1.165) is 23.8 Å². The van der Waals surface area contributed by atoms with Crippen LogP contribution in [0, 0.1) is 10.8 Å². The molecule has 0 aromatic heterocycles. The summed E-state index contributed by atoms with van der Waals surface area (Å²) in [7, 11) is 0. The van der Waals surface area contributed by atoms with Crippen LogP contribution in [0.4, 0.5) is 14.5 Å². The Balaban J connectivity index is 1.65. The Morgan fingerprint density at radius 3 is 2.54 bits per heavy atom. The number of fused-ring (bicyclic) bond motifs is 2. The number of benzene rings is 1. The molecule has 2 atom stereocenters. The average Bonchev–Trinajstić information content (AvgIpc) is 2.69. The molecule has 0 unspecified atom stereocenters. The first kappa shape index (κ1) is 17.9. The molecule has 132 valence electrons. The molecule has 2 fully saturated rings. The fourth-order valence-corrected chi connectivity index (χ4v) is 5.44. The van der Waals surface area contributed by atoms with Gasteiger partial charge in [0, 0.05) is 23.2 Å². The number of hydrogen-bond donors (Lipinski definition) is 1. The van der Waals surface area contributed by atoms with Crippen molar-refractivity contribution >= 4 is 34.8 Å². The molecule has 24 heavy (non-hydrogen) atoms. The van der Waals surface area contributed by atoms with Gasteiger partial charge in [-0.15, -0.1) is 0 Å². The van der Waals surface area contributed by atoms with E-state index in [4.69, 9.17) is 12.2 Å². The zero-order valence-corrected chi connectivity index (χ0v) is 15.9. The number of halogens is 2. The SMILES string of the molecule is CC1(C)C[C@H]2C[C@](C)(CN2C(=S)Nc2ccc(SC(F)F)cc2)C1. The quantitative estimate of drug-likeness (QED) is 0.550. The fourth-order valence-electron chi connectivity index (χ4n) is 4.61. The van der Waals surface area contributed by atoms with Gasteiger partial charge in [-0.1, -0.05) is 32.5 Å². The van der Waals surface area contributed by atoms with E-state index in [2.05, 4.69) is 31.0 Å². The summed E-state index contributed by atoms with van der Waals surface area (Å²) in [4.78, 5) is 2.89. The average molecular weight is 371 g/mol. The van der Waals surface area contributed by atoms with Crippen LogP contribution >= 0.6 is 24.0 Å². The van der Waals surface area contributed by atoms with Crippen molar-refractivity contribution in [1.29, 1.82) is 0 Å². The number of rotatable bonds is 3. The van der Waals surface area contributed by atoms with Crippen molar-refractivity contribution in [1.82, 2.24) is 4.90 Å². The van der Waals surface area contributed by atoms with Gasteiger partial charge >= 0.3 is 0 Å². The van der Waals surface area contributed by atoms with Gasteiger partial charge in [0.1, 0.15) is 0 Å². The number of likely N-dealkylation sites (tertiary alicyclic amines) is 1. The summed E-state index contributed by atoms with van der Waals surface area (Å²) in [6, 6.07) is 7.52. The van der Waals surface area contributed by atoms with Gasteiger partial charge in [0.05, 0.1) is 0 Å². The molecule has 0 radical (unpaired) electrons. The van der Waals surface area contributed by atoms with Crippen LogP contribution in [-0.2, 0) is 0 Å². The first-order chi connectivity index (χ1) is 11.2. The second-order valence-electron chi connectivity index (χ2n) is 8.17. The number of anilines is 1. The molecule has 1 aliphatic heterocycles. The van der Waals surface area contributed by atoms with Gasteiger partial charge in [0.15, 0.2) is 5.11 Å². The molecule has 1 saturated carbocycles. The third kappa shape index (κ3) is 4.02. The van der Waals surface area contributed by atoms with Crippen molar-refractivity contribution < 1.29 is 8.78 Å². The van der Waals surface area contributed by atoms with Crippen molar-refractivity contribution in [2.75, 3.05) is 11.9 Å². The van der Waals surface area contributed by atoms with E-state index >= 15 is 0 Å². The predicted octanol–water partition coefficient (Wildman–Crippen LogP) is 5.60. The van der Waals surface area contributed by atoms with Crippen molar-refractivity contribution in [2.45, 2.75) is 56.7 Å². The second-order valence-corrected chi connectivity index (χ2v) is 9.62. The summed E-state index contributed by atoms with van der Waals surface area (Å²) in [6.45, 7) is 8.04. The van der Waals surface area contributed by atoms with Crippen molar-refractivity contribution in [3.63, 3.8) is 0 Å². The fraction of sp³-hybridized carbons (Fsp3) is 0.611. The Morgan fingerprint density at radius 2 is 1.92 bits per heavy atom. The van der Waals surface area contributed by atoms with Gasteiger partial charge < -0.3 is 10.2 Å². The lowest BCUT2D eigenvalue weighted by Crippen LogP contribution is -2.39. The highest BCUT2D eigenvalue weighted by atomic mass is 32.2. The van der Waals surface area contributed by atoms with E-state index in [1.54, 1.807) is 12.1 Å². The van der Waals surface area contributed by atoms with E-state index < -0.39 is 5.76 Å². The van der Waals surface area contributed by atoms with Crippen LogP contribution < -0.4 is 5.32 Å². The van der Waals surface area contributed by atoms with Gasteiger partial charge in [-0.25, -0.2) is 0 Å². The number of thioether (sulfide) groups is 1. The lowest BCUT2D eigenvalue weighted by molar-refractivity contribution is 0.132. The van der Waals surface area contributed by atoms with Crippen molar-refractivity contribution in [3.8, 4) is 0 Å². The maximum atomic E-state index is 12.4. The molecule has 2 nitrogen and oxygen atoms in total. The third-order valence-corrected chi connectivity index (χ3v) is 6.07. The first-order valence-corrected chi connectivity index (χ1v) is 9.57. The zero-order valence-electron chi connectivity index (χ0n) is 14.3. The standard InChI is InChI=1S/C18H24F2N2S2/c1-17(2)8-13-9-18(3,10-17)11-22(13)16(23)21-12-4-6-14(7-5-12)24-15(19)20/h4-7,13,15H,8-11H2,1-3H3,(H,21,23)/t13-,18-/m0/s1. The molecule has 0 spiro atoms. The molecular formula is C18H24F2N2S2. The van der Waals surface area contributed by atoms with Crippen LogP contribution in [-0.4, -0.2) is 28.4 Å². The molecule has 1 N–H and O–H groups in total. The summed E-state index contributed by atoms with van der Waals surface area (Å²) in [5.41, 5.74) is 1.54. The number of hydrogen-bond acceptors (Lipinski definition) is 2. The minimum absolute atomic E-state index is 0.329. The van der Waals surface area contributed by atoms with E-state index in [1.165, 1.54) is 12.8 Å². The van der Waals surface area contributed by atoms with E-state index in [-0.39, 0.29) is 0 Å². The largest absolute Gasteiger partial charge is 0.345 e. The summed E-state index contributed by atoms with van der Waals surface area (Å²) in [5.74, 6) is -2.39. The van der Waals surface area contributed by atoms with Gasteiger partial charge in [-0.2, -0.15) is 8.78 Å². The van der Waals surface area contributed by atoms with Crippen molar-refractivity contribution in [2.24, 2.45) is 10.8 Å². The van der Waals surface area contributed by atoms with Crippen LogP contribution in [0.2, 0.25) is 0 Å². The monoisotopic (exact) mass is 370 g/mol. The zero-order chi connectivity index (χ0) is 17.5. The lowest BCUT2D eigenvalue weighted by atomic mass is 9.65. The summed E-state index contributed by atoms with van der Waals surface area (Å²) < 4.78 is 24.8. The number of nitrogens with zero attached hydrogens (tertiary/aromatic N) is 1. The summed E-state index contributed by atoms with van der Waals surface area (Å²) in [5, 5.41) is 4.03. The topological polar surface area (TPSA) is 15.3 Å². The maximum absolute atomic E-state index is 12.4. The van der Waals surface area contributed by atoms with Crippen LogP contribution in [0.1, 0.15) is 40.0 Å². The molecule has 1 heterocycles. The highest BCUT2D eigenvalue weighted by Crippen LogP contribution is 2.52. The lowest BCUT2D eigenvalue weighted by Gasteiger charge is -2.39. The third-order valence-electron chi connectivity index (χ3n) is 5.01. The minimum atomic E-state index is -2.39. The first-order valence-electron chi connectivity index (χ1n) is 8.28. The smallest absolute Gasteiger partial charge is 0.288 e. The number of alkyl halides is 2. The number of nitrogens with one attached hydrogen (secondary N) is 1. The van der Waals surface area contributed by atoms with Gasteiger partial charge in [-0.3, -0.25) is 0 Å². The molecule has 6 heteroatoms. The van der Waals surface area contributed by atoms with Crippen LogP contribution in [0.5, 0.6) is 0 Å². The Hall–Kier alpha value is -0.880. The van der Waals surface area contributed by atoms with Crippen LogP contribution in [0.25, 0.3) is 0 Å². The normalized spacial score (nSPS) is 28.2. The van der Waals surface area contributed by atoms with E-state index in [9.17, 15) is 8.78 Å². The van der Waals surface area contributed by atoms with E-state index in [0.29, 0.717) is 33.5 Å². The Morgan fingerprint density at radius 1 is 1.25 bits per heavy atom. The Bertz CT molecular complexity index is 618. The Labute approximate surface area is 152 Å². The molecule has 0 amide bonds. The molecule has 1 aliphatic carbocycles. The predicted molar refractivity (Wildman–Crippen MR) is 101 cm³/mol. The van der Waals surface area contributed by atoms with E-state index in [1.807, 2.05) is 12.1 Å². The number of thiocarbonyl (C=S) groups is 1. The van der Waals surface area contributed by atoms with Crippen LogP contribution in [0.3, 0.4) is 0 Å². The second kappa shape index (κ2) is 6.45. The van der Waals surface area contributed by atoms with Gasteiger partial charge in [-0.05, 0) is 66.6 Å². The van der Waals surface area contributed by atoms with Gasteiger partial charge in [0.2, 0.25) is 0 Å². The molecule has 2 aliphatic rings. The molecular weight excluding hydrogens is 346 g/mol. The highest BCUT2D eigenvalue weighted by molar-refractivity contribution is 7.99. The summed E-state index contributed by atoms with van der Waals surface area (Å²) in [6.07, 6.45) is 3.59. The highest BCUT2D eigenvalue weighted by Gasteiger charge is 2.50. The molecule has 1 aromatic rings. The minimum Gasteiger partial charge on any atom is -0.345 e. The van der Waals surface area contributed by atoms with Gasteiger partial charge in [0.25, 0.3) is 5.76 Å². The van der Waals surface area contributed by atoms with Crippen LogP contribution in [0.15, 0.2) is 29.2 Å². The van der Waals surface area contributed by atoms with Crippen molar-refractivity contribution in [3.05, 3.63) is 24.3 Å². The molecule has 3 rings (SSSR count). The molecule has 2 bridgehead atoms.